The smallest absolute Gasteiger partial charge is 0.262 e. The van der Waals surface area contributed by atoms with E-state index in [-0.39, 0.29) is 12.1 Å². The van der Waals surface area contributed by atoms with E-state index in [1.54, 1.807) is 12.1 Å². The summed E-state index contributed by atoms with van der Waals surface area (Å²) in [5.74, 6) is 0.275. The normalized spacial score (nSPS) is 13.1. The molecule has 0 bridgehead atoms. The van der Waals surface area contributed by atoms with Crippen LogP contribution < -0.4 is 5.32 Å². The second-order valence-electron chi connectivity index (χ2n) is 4.68. The number of carbonyl (C=O) groups excluding carboxylic acids is 1. The summed E-state index contributed by atoms with van der Waals surface area (Å²) < 4.78 is 5.04. The minimum atomic E-state index is -0.604. The third-order valence-electron chi connectivity index (χ3n) is 2.44. The van der Waals surface area contributed by atoms with Gasteiger partial charge in [0.1, 0.15) is 17.4 Å². The van der Waals surface area contributed by atoms with E-state index in [1.807, 2.05) is 19.9 Å². The van der Waals surface area contributed by atoms with Crippen LogP contribution in [0.1, 0.15) is 26.0 Å². The monoisotopic (exact) mass is 262 g/mol. The zero-order chi connectivity index (χ0) is 14.3. The van der Waals surface area contributed by atoms with Crippen molar-refractivity contribution < 1.29 is 14.3 Å². The Hall–Kier alpha value is -2.06. The number of nitrogens with one attached hydrogen (secondary N) is 1. The van der Waals surface area contributed by atoms with Crippen molar-refractivity contribution >= 4 is 12.0 Å². The molecule has 1 aromatic heterocycles. The van der Waals surface area contributed by atoms with Crippen molar-refractivity contribution in [2.45, 2.75) is 26.4 Å². The van der Waals surface area contributed by atoms with Crippen molar-refractivity contribution in [3.05, 3.63) is 29.7 Å². The average Bonchev–Trinajstić information content (AvgIpc) is 2.85. The molecule has 0 spiro atoms. The molecule has 0 aliphatic carbocycles. The number of carbonyl (C=O) groups is 1. The maximum atomic E-state index is 11.7. The van der Waals surface area contributed by atoms with Crippen LogP contribution in [0.15, 0.2) is 28.4 Å². The third-order valence-corrected chi connectivity index (χ3v) is 2.44. The van der Waals surface area contributed by atoms with E-state index in [9.17, 15) is 9.90 Å². The number of amides is 1. The molecule has 0 aliphatic heterocycles. The molecule has 5 heteroatoms. The van der Waals surface area contributed by atoms with Gasteiger partial charge in [-0.2, -0.15) is 5.26 Å². The Balaban J connectivity index is 2.54. The van der Waals surface area contributed by atoms with Gasteiger partial charge in [-0.25, -0.2) is 0 Å². The summed E-state index contributed by atoms with van der Waals surface area (Å²) >= 11 is 0. The van der Waals surface area contributed by atoms with Crippen molar-refractivity contribution in [3.63, 3.8) is 0 Å². The number of hydrogen-bond donors (Lipinski definition) is 2. The Labute approximate surface area is 112 Å². The van der Waals surface area contributed by atoms with Crippen molar-refractivity contribution in [1.29, 1.82) is 5.26 Å². The van der Waals surface area contributed by atoms with Gasteiger partial charge in [-0.15, -0.1) is 0 Å². The molecule has 1 rings (SSSR count). The maximum absolute atomic E-state index is 11.7. The SMILES string of the molecule is CC(C)CC(O)CNC(=O)/C(C#N)=C/c1ccco1. The molecule has 19 heavy (non-hydrogen) atoms. The summed E-state index contributed by atoms with van der Waals surface area (Å²) in [7, 11) is 0. The molecular weight excluding hydrogens is 244 g/mol. The highest BCUT2D eigenvalue weighted by atomic mass is 16.3. The van der Waals surface area contributed by atoms with Crippen molar-refractivity contribution in [3.8, 4) is 6.07 Å². The minimum absolute atomic E-state index is 0.0494. The fraction of sp³-hybridized carbons (Fsp3) is 0.429. The van der Waals surface area contributed by atoms with Crippen LogP contribution in [0, 0.1) is 17.2 Å². The summed E-state index contributed by atoms with van der Waals surface area (Å²) in [6, 6.07) is 5.13. The lowest BCUT2D eigenvalue weighted by Gasteiger charge is -2.13. The topological polar surface area (TPSA) is 86.3 Å². The first-order chi connectivity index (χ1) is 9.02. The Bertz CT molecular complexity index is 469. The van der Waals surface area contributed by atoms with E-state index in [0.29, 0.717) is 18.1 Å². The molecule has 102 valence electrons. The molecule has 1 atom stereocenters. The predicted octanol–water partition coefficient (Wildman–Crippen LogP) is 1.71. The van der Waals surface area contributed by atoms with Gasteiger partial charge >= 0.3 is 0 Å². The van der Waals surface area contributed by atoms with Gasteiger partial charge < -0.3 is 14.8 Å². The molecule has 1 heterocycles. The molecule has 0 saturated carbocycles. The number of nitriles is 1. The lowest BCUT2D eigenvalue weighted by atomic mass is 10.1. The molecule has 0 saturated heterocycles. The van der Waals surface area contributed by atoms with Crippen molar-refractivity contribution in [2.24, 2.45) is 5.92 Å². The Morgan fingerprint density at radius 2 is 2.37 bits per heavy atom. The zero-order valence-electron chi connectivity index (χ0n) is 11.1. The molecule has 0 radical (unpaired) electrons. The van der Waals surface area contributed by atoms with Crippen LogP contribution in [-0.4, -0.2) is 23.7 Å². The second-order valence-corrected chi connectivity index (χ2v) is 4.68. The first kappa shape index (κ1) is 15.0. The molecule has 0 aromatic carbocycles. The van der Waals surface area contributed by atoms with E-state index < -0.39 is 12.0 Å². The second kappa shape index (κ2) is 7.39. The predicted molar refractivity (Wildman–Crippen MR) is 70.8 cm³/mol. The largest absolute Gasteiger partial charge is 0.465 e. The number of furan rings is 1. The number of nitrogens with zero attached hydrogens (tertiary/aromatic N) is 1. The summed E-state index contributed by atoms with van der Waals surface area (Å²) in [5, 5.41) is 21.1. The summed E-state index contributed by atoms with van der Waals surface area (Å²) in [5.41, 5.74) is -0.0494. The zero-order valence-corrected chi connectivity index (χ0v) is 11.1. The Morgan fingerprint density at radius 3 is 2.89 bits per heavy atom. The van der Waals surface area contributed by atoms with E-state index >= 15 is 0 Å². The lowest BCUT2D eigenvalue weighted by molar-refractivity contribution is -0.117. The van der Waals surface area contributed by atoms with Crippen LogP contribution >= 0.6 is 0 Å². The van der Waals surface area contributed by atoms with E-state index in [4.69, 9.17) is 9.68 Å². The standard InChI is InChI=1S/C14H18N2O3/c1-10(2)6-12(17)9-16-14(18)11(8-15)7-13-4-3-5-19-13/h3-5,7,10,12,17H,6,9H2,1-2H3,(H,16,18)/b11-7+. The van der Waals surface area contributed by atoms with Gasteiger partial charge in [0.25, 0.3) is 5.91 Å². The van der Waals surface area contributed by atoms with Gasteiger partial charge in [-0.1, -0.05) is 13.8 Å². The van der Waals surface area contributed by atoms with Crippen LogP contribution in [-0.2, 0) is 4.79 Å². The van der Waals surface area contributed by atoms with Crippen LogP contribution in [0.25, 0.3) is 6.08 Å². The van der Waals surface area contributed by atoms with E-state index in [0.717, 1.165) is 0 Å². The minimum Gasteiger partial charge on any atom is -0.465 e. The number of aliphatic hydroxyl groups is 1. The summed E-state index contributed by atoms with van der Waals surface area (Å²) in [6.07, 6.45) is 2.83. The van der Waals surface area contributed by atoms with E-state index in [2.05, 4.69) is 5.32 Å². The molecule has 0 aliphatic rings. The highest BCUT2D eigenvalue weighted by molar-refractivity contribution is 6.01. The van der Waals surface area contributed by atoms with Crippen LogP contribution in [0.3, 0.4) is 0 Å². The Morgan fingerprint density at radius 1 is 1.63 bits per heavy atom. The van der Waals surface area contributed by atoms with Gasteiger partial charge in [0.2, 0.25) is 0 Å². The fourth-order valence-corrected chi connectivity index (χ4v) is 1.60. The number of hydrogen-bond acceptors (Lipinski definition) is 4. The third kappa shape index (κ3) is 5.40. The van der Waals surface area contributed by atoms with Crippen molar-refractivity contribution in [2.75, 3.05) is 6.54 Å². The number of rotatable bonds is 6. The highest BCUT2D eigenvalue weighted by Crippen LogP contribution is 2.07. The lowest BCUT2D eigenvalue weighted by Crippen LogP contribution is -2.33. The number of aliphatic hydroxyl groups excluding tert-OH is 1. The van der Waals surface area contributed by atoms with Gasteiger partial charge in [0.15, 0.2) is 0 Å². The van der Waals surface area contributed by atoms with Gasteiger partial charge in [0.05, 0.1) is 12.4 Å². The molecule has 1 unspecified atom stereocenters. The Kier molecular flexibility index (Phi) is 5.83. The van der Waals surface area contributed by atoms with Gasteiger partial charge in [-0.05, 0) is 24.5 Å². The van der Waals surface area contributed by atoms with Gasteiger partial charge in [0, 0.05) is 12.6 Å². The molecule has 2 N–H and O–H groups in total. The first-order valence-electron chi connectivity index (χ1n) is 6.14. The van der Waals surface area contributed by atoms with Gasteiger partial charge in [-0.3, -0.25) is 4.79 Å². The molecule has 5 nitrogen and oxygen atoms in total. The van der Waals surface area contributed by atoms with Crippen molar-refractivity contribution in [1.82, 2.24) is 5.32 Å². The molecule has 0 fully saturated rings. The molecule has 1 amide bonds. The van der Waals surface area contributed by atoms with E-state index in [1.165, 1.54) is 12.3 Å². The quantitative estimate of drug-likeness (QED) is 0.603. The maximum Gasteiger partial charge on any atom is 0.262 e. The van der Waals surface area contributed by atoms with Crippen LogP contribution in [0.5, 0.6) is 0 Å². The van der Waals surface area contributed by atoms with Crippen LogP contribution in [0.4, 0.5) is 0 Å². The molecule has 1 aromatic rings. The highest BCUT2D eigenvalue weighted by Gasteiger charge is 2.12. The summed E-state index contributed by atoms with van der Waals surface area (Å²) in [4.78, 5) is 11.7. The van der Waals surface area contributed by atoms with Crippen LogP contribution in [0.2, 0.25) is 0 Å². The summed E-state index contributed by atoms with van der Waals surface area (Å²) in [6.45, 7) is 4.11. The average molecular weight is 262 g/mol. The first-order valence-corrected chi connectivity index (χ1v) is 6.14. The molecular formula is C14H18N2O3. The fourth-order valence-electron chi connectivity index (χ4n) is 1.60.